The fourth-order valence-corrected chi connectivity index (χ4v) is 1.03. The van der Waals surface area contributed by atoms with Crippen molar-refractivity contribution in [2.45, 2.75) is 26.7 Å². The van der Waals surface area contributed by atoms with E-state index in [1.807, 2.05) is 0 Å². The first-order valence-corrected chi connectivity index (χ1v) is 4.14. The lowest BCUT2D eigenvalue weighted by Gasteiger charge is -2.27. The Hall–Kier alpha value is -0.0800. The zero-order chi connectivity index (χ0) is 7.98. The standard InChI is InChI=1S/C8H20N2/c1-5-7-10(8-6-2)9(3)4/h5-8H2,1-4H3. The van der Waals surface area contributed by atoms with Crippen LogP contribution in [-0.4, -0.2) is 37.2 Å². The van der Waals surface area contributed by atoms with Gasteiger partial charge < -0.3 is 0 Å². The van der Waals surface area contributed by atoms with Crippen LogP contribution in [0.3, 0.4) is 0 Å². The molecule has 0 aromatic rings. The average Bonchev–Trinajstić information content (AvgIpc) is 1.87. The van der Waals surface area contributed by atoms with Gasteiger partial charge in [0.05, 0.1) is 0 Å². The molecule has 0 spiro atoms. The predicted octanol–water partition coefficient (Wildman–Crippen LogP) is 1.58. The summed E-state index contributed by atoms with van der Waals surface area (Å²) in [5, 5.41) is 4.53. The van der Waals surface area contributed by atoms with Crippen molar-refractivity contribution in [3.05, 3.63) is 0 Å². The molecule has 0 N–H and O–H groups in total. The lowest BCUT2D eigenvalue weighted by Crippen LogP contribution is -2.37. The summed E-state index contributed by atoms with van der Waals surface area (Å²) in [6.07, 6.45) is 2.47. The van der Waals surface area contributed by atoms with E-state index in [2.05, 4.69) is 38.0 Å². The second-order valence-corrected chi connectivity index (χ2v) is 2.80. The Kier molecular flexibility index (Phi) is 5.64. The molecular formula is C8H20N2. The smallest absolute Gasteiger partial charge is 0.0130 e. The van der Waals surface area contributed by atoms with Gasteiger partial charge in [-0.3, -0.25) is 0 Å². The van der Waals surface area contributed by atoms with Crippen LogP contribution in [0.15, 0.2) is 0 Å². The third-order valence-corrected chi connectivity index (χ3v) is 1.53. The van der Waals surface area contributed by atoms with E-state index in [-0.39, 0.29) is 0 Å². The lowest BCUT2D eigenvalue weighted by atomic mass is 10.4. The van der Waals surface area contributed by atoms with Crippen molar-refractivity contribution in [1.29, 1.82) is 0 Å². The molecule has 0 bridgehead atoms. The van der Waals surface area contributed by atoms with Crippen LogP contribution in [0.4, 0.5) is 0 Å². The SMILES string of the molecule is CCCN(CCC)N(C)C. The second kappa shape index (κ2) is 5.69. The largest absolute Gasteiger partial charge is 0.248 e. The summed E-state index contributed by atoms with van der Waals surface area (Å²) in [4.78, 5) is 0. The van der Waals surface area contributed by atoms with Crippen LogP contribution in [0.25, 0.3) is 0 Å². The van der Waals surface area contributed by atoms with Gasteiger partial charge in [0.25, 0.3) is 0 Å². The maximum absolute atomic E-state index is 2.36. The molecule has 0 rings (SSSR count). The predicted molar refractivity (Wildman–Crippen MR) is 45.8 cm³/mol. The van der Waals surface area contributed by atoms with Crippen molar-refractivity contribution in [2.75, 3.05) is 27.2 Å². The van der Waals surface area contributed by atoms with E-state index in [9.17, 15) is 0 Å². The van der Waals surface area contributed by atoms with Gasteiger partial charge in [-0.15, -0.1) is 0 Å². The minimum atomic E-state index is 1.18. The topological polar surface area (TPSA) is 6.48 Å². The number of hydrogen-bond donors (Lipinski definition) is 0. The molecular weight excluding hydrogens is 124 g/mol. The Balaban J connectivity index is 3.50. The van der Waals surface area contributed by atoms with Gasteiger partial charge in [-0.05, 0) is 12.8 Å². The van der Waals surface area contributed by atoms with Crippen molar-refractivity contribution < 1.29 is 0 Å². The highest BCUT2D eigenvalue weighted by Crippen LogP contribution is 1.94. The monoisotopic (exact) mass is 144 g/mol. The van der Waals surface area contributed by atoms with Gasteiger partial charge in [-0.25, -0.2) is 10.0 Å². The molecule has 0 saturated carbocycles. The third-order valence-electron chi connectivity index (χ3n) is 1.53. The van der Waals surface area contributed by atoms with Crippen molar-refractivity contribution in [3.8, 4) is 0 Å². The fourth-order valence-electron chi connectivity index (χ4n) is 1.03. The zero-order valence-electron chi connectivity index (χ0n) is 7.72. The Morgan fingerprint density at radius 1 is 0.900 bits per heavy atom. The maximum atomic E-state index is 2.36. The minimum absolute atomic E-state index is 1.18. The molecule has 0 aromatic carbocycles. The molecule has 0 heterocycles. The van der Waals surface area contributed by atoms with E-state index >= 15 is 0 Å². The van der Waals surface area contributed by atoms with Crippen LogP contribution < -0.4 is 0 Å². The summed E-state index contributed by atoms with van der Waals surface area (Å²) in [6.45, 7) is 6.79. The first-order valence-electron chi connectivity index (χ1n) is 4.14. The molecule has 0 fully saturated rings. The Labute approximate surface area is 64.8 Å². The van der Waals surface area contributed by atoms with E-state index in [1.54, 1.807) is 0 Å². The highest BCUT2D eigenvalue weighted by Gasteiger charge is 2.02. The van der Waals surface area contributed by atoms with E-state index in [1.165, 1.54) is 25.9 Å². The highest BCUT2D eigenvalue weighted by atomic mass is 15.6. The van der Waals surface area contributed by atoms with Gasteiger partial charge in [0, 0.05) is 27.2 Å². The van der Waals surface area contributed by atoms with Crippen LogP contribution in [0, 0.1) is 0 Å². The minimum Gasteiger partial charge on any atom is -0.248 e. The van der Waals surface area contributed by atoms with Gasteiger partial charge in [-0.2, -0.15) is 0 Å². The summed E-state index contributed by atoms with van der Waals surface area (Å²) in [5.74, 6) is 0. The summed E-state index contributed by atoms with van der Waals surface area (Å²) < 4.78 is 0. The van der Waals surface area contributed by atoms with Crippen molar-refractivity contribution in [2.24, 2.45) is 0 Å². The third kappa shape index (κ3) is 3.85. The van der Waals surface area contributed by atoms with Crippen LogP contribution in [0.2, 0.25) is 0 Å². The first-order chi connectivity index (χ1) is 4.72. The molecule has 0 unspecified atom stereocenters. The van der Waals surface area contributed by atoms with Crippen molar-refractivity contribution in [1.82, 2.24) is 10.0 Å². The molecule has 62 valence electrons. The maximum Gasteiger partial charge on any atom is 0.0130 e. The Morgan fingerprint density at radius 3 is 1.50 bits per heavy atom. The molecule has 0 radical (unpaired) electrons. The van der Waals surface area contributed by atoms with Gasteiger partial charge in [0.1, 0.15) is 0 Å². The number of hydrogen-bond acceptors (Lipinski definition) is 2. The molecule has 0 aliphatic carbocycles. The Bertz CT molecular complexity index is 65.7. The van der Waals surface area contributed by atoms with Crippen LogP contribution in [0.1, 0.15) is 26.7 Å². The summed E-state index contributed by atoms with van der Waals surface area (Å²) >= 11 is 0. The van der Waals surface area contributed by atoms with Crippen LogP contribution in [-0.2, 0) is 0 Å². The lowest BCUT2D eigenvalue weighted by molar-refractivity contribution is 0.0254. The highest BCUT2D eigenvalue weighted by molar-refractivity contribution is 4.47. The van der Waals surface area contributed by atoms with Gasteiger partial charge in [0.15, 0.2) is 0 Å². The molecule has 0 aromatic heterocycles. The van der Waals surface area contributed by atoms with E-state index in [0.29, 0.717) is 0 Å². The number of rotatable bonds is 5. The molecule has 0 saturated heterocycles. The van der Waals surface area contributed by atoms with Gasteiger partial charge in [-0.1, -0.05) is 13.8 Å². The first kappa shape index (κ1) is 9.92. The van der Waals surface area contributed by atoms with E-state index in [4.69, 9.17) is 0 Å². The Morgan fingerprint density at radius 2 is 1.30 bits per heavy atom. The van der Waals surface area contributed by atoms with Crippen LogP contribution in [0.5, 0.6) is 0 Å². The summed E-state index contributed by atoms with van der Waals surface area (Å²) in [6, 6.07) is 0. The quantitative estimate of drug-likeness (QED) is 0.541. The van der Waals surface area contributed by atoms with Crippen molar-refractivity contribution in [3.63, 3.8) is 0 Å². The van der Waals surface area contributed by atoms with Crippen LogP contribution >= 0.6 is 0 Å². The molecule has 0 aliphatic rings. The molecule has 2 heteroatoms. The zero-order valence-corrected chi connectivity index (χ0v) is 7.72. The molecule has 10 heavy (non-hydrogen) atoms. The molecule has 0 aliphatic heterocycles. The van der Waals surface area contributed by atoms with Gasteiger partial charge >= 0.3 is 0 Å². The average molecular weight is 144 g/mol. The number of nitrogens with zero attached hydrogens (tertiary/aromatic N) is 2. The summed E-state index contributed by atoms with van der Waals surface area (Å²) in [7, 11) is 4.20. The molecule has 2 nitrogen and oxygen atoms in total. The molecule has 0 atom stereocenters. The van der Waals surface area contributed by atoms with E-state index in [0.717, 1.165) is 0 Å². The van der Waals surface area contributed by atoms with E-state index < -0.39 is 0 Å². The molecule has 0 amide bonds. The van der Waals surface area contributed by atoms with Crippen molar-refractivity contribution >= 4 is 0 Å². The number of hydrazine groups is 1. The fraction of sp³-hybridized carbons (Fsp3) is 1.00. The summed E-state index contributed by atoms with van der Waals surface area (Å²) in [5.41, 5.74) is 0. The normalized spacial score (nSPS) is 11.4. The second-order valence-electron chi connectivity index (χ2n) is 2.80. The van der Waals surface area contributed by atoms with Gasteiger partial charge in [0.2, 0.25) is 0 Å².